The number of nitriles is 1. The number of hydrogen-bond acceptors (Lipinski definition) is 6. The van der Waals surface area contributed by atoms with E-state index in [1.54, 1.807) is 18.5 Å². The van der Waals surface area contributed by atoms with Crippen LogP contribution < -0.4 is 10.5 Å². The molecule has 0 aliphatic heterocycles. The highest BCUT2D eigenvalue weighted by Crippen LogP contribution is 2.22. The molecule has 104 valence electrons. The zero-order chi connectivity index (χ0) is 14.8. The van der Waals surface area contributed by atoms with Gasteiger partial charge >= 0.3 is 0 Å². The van der Waals surface area contributed by atoms with E-state index in [1.807, 2.05) is 6.07 Å². The molecule has 0 saturated carbocycles. The molecule has 3 N–H and O–H groups in total. The molecule has 1 aromatic heterocycles. The predicted molar refractivity (Wildman–Crippen MR) is 76.4 cm³/mol. The Hall–Kier alpha value is -1.95. The lowest BCUT2D eigenvalue weighted by atomic mass is 10.2. The maximum absolute atomic E-state index is 12.3. The van der Waals surface area contributed by atoms with E-state index in [9.17, 15) is 8.42 Å². The lowest BCUT2D eigenvalue weighted by Crippen LogP contribution is -2.27. The second-order valence-electron chi connectivity index (χ2n) is 4.08. The predicted octanol–water partition coefficient (Wildman–Crippen LogP) is 1.64. The van der Waals surface area contributed by atoms with Crippen molar-refractivity contribution in [3.8, 4) is 6.07 Å². The van der Waals surface area contributed by atoms with Crippen LogP contribution >= 0.6 is 11.3 Å². The van der Waals surface area contributed by atoms with Gasteiger partial charge in [0.15, 0.2) is 0 Å². The van der Waals surface area contributed by atoms with E-state index in [1.165, 1.54) is 29.5 Å². The number of rotatable bonds is 4. The van der Waals surface area contributed by atoms with Gasteiger partial charge in [-0.05, 0) is 25.1 Å². The van der Waals surface area contributed by atoms with Gasteiger partial charge in [0.25, 0.3) is 0 Å². The molecule has 0 fully saturated rings. The summed E-state index contributed by atoms with van der Waals surface area (Å²) >= 11 is 1.36. The zero-order valence-electron chi connectivity index (χ0n) is 10.6. The van der Waals surface area contributed by atoms with E-state index < -0.39 is 16.1 Å². The molecule has 1 heterocycles. The first-order chi connectivity index (χ1) is 9.44. The topological polar surface area (TPSA) is 109 Å². The number of thiazole rings is 1. The summed E-state index contributed by atoms with van der Waals surface area (Å²) in [6, 6.07) is 5.48. The fourth-order valence-corrected chi connectivity index (χ4v) is 3.73. The fraction of sp³-hybridized carbons (Fsp3) is 0.167. The second kappa shape index (κ2) is 5.58. The van der Waals surface area contributed by atoms with Gasteiger partial charge in [-0.1, -0.05) is 0 Å². The van der Waals surface area contributed by atoms with Gasteiger partial charge < -0.3 is 5.73 Å². The monoisotopic (exact) mass is 308 g/mol. The van der Waals surface area contributed by atoms with E-state index in [0.717, 1.165) is 0 Å². The molecule has 0 bridgehead atoms. The number of sulfonamides is 1. The summed E-state index contributed by atoms with van der Waals surface area (Å²) in [5, 5.41) is 11.4. The molecular formula is C12H12N4O2S2. The largest absolute Gasteiger partial charge is 0.399 e. The number of nitrogen functional groups attached to an aromatic ring is 1. The van der Waals surface area contributed by atoms with Crippen LogP contribution in [-0.2, 0) is 10.0 Å². The van der Waals surface area contributed by atoms with Crippen LogP contribution in [0, 0.1) is 11.3 Å². The third-order valence-electron chi connectivity index (χ3n) is 2.57. The molecule has 2 rings (SSSR count). The van der Waals surface area contributed by atoms with Gasteiger partial charge in [-0.3, -0.25) is 0 Å². The maximum atomic E-state index is 12.3. The van der Waals surface area contributed by atoms with E-state index in [0.29, 0.717) is 10.7 Å². The SMILES string of the molecule is CC(NS(=O)(=O)c1ccc(N)cc1C#N)c1nccs1. The van der Waals surface area contributed by atoms with E-state index >= 15 is 0 Å². The summed E-state index contributed by atoms with van der Waals surface area (Å²) < 4.78 is 27.1. The van der Waals surface area contributed by atoms with Crippen molar-refractivity contribution in [1.82, 2.24) is 9.71 Å². The summed E-state index contributed by atoms with van der Waals surface area (Å²) in [5.74, 6) is 0. The minimum Gasteiger partial charge on any atom is -0.399 e. The van der Waals surface area contributed by atoms with Crippen LogP contribution in [0.25, 0.3) is 0 Å². The van der Waals surface area contributed by atoms with Gasteiger partial charge in [-0.2, -0.15) is 5.26 Å². The first-order valence-corrected chi connectivity index (χ1v) is 8.01. The zero-order valence-corrected chi connectivity index (χ0v) is 12.2. The second-order valence-corrected chi connectivity index (χ2v) is 6.69. The van der Waals surface area contributed by atoms with Crippen molar-refractivity contribution >= 4 is 27.0 Å². The van der Waals surface area contributed by atoms with Crippen molar-refractivity contribution in [3.63, 3.8) is 0 Å². The summed E-state index contributed by atoms with van der Waals surface area (Å²) in [4.78, 5) is 3.97. The Kier molecular flexibility index (Phi) is 4.04. The van der Waals surface area contributed by atoms with Gasteiger partial charge in [0.2, 0.25) is 10.0 Å². The molecule has 0 spiro atoms. The number of anilines is 1. The quantitative estimate of drug-likeness (QED) is 0.834. The Morgan fingerprint density at radius 3 is 2.85 bits per heavy atom. The Bertz CT molecular complexity index is 748. The smallest absolute Gasteiger partial charge is 0.242 e. The lowest BCUT2D eigenvalue weighted by molar-refractivity contribution is 0.566. The maximum Gasteiger partial charge on any atom is 0.242 e. The Morgan fingerprint density at radius 2 is 2.25 bits per heavy atom. The van der Waals surface area contributed by atoms with Gasteiger partial charge in [-0.15, -0.1) is 11.3 Å². The van der Waals surface area contributed by atoms with E-state index in [4.69, 9.17) is 11.0 Å². The molecule has 0 aliphatic rings. The first-order valence-electron chi connectivity index (χ1n) is 5.65. The van der Waals surface area contributed by atoms with Gasteiger partial charge in [0, 0.05) is 17.3 Å². The molecule has 2 aromatic rings. The third-order valence-corrected chi connectivity index (χ3v) is 5.12. The Labute approximate surface area is 120 Å². The van der Waals surface area contributed by atoms with Crippen LogP contribution in [0.5, 0.6) is 0 Å². The number of benzene rings is 1. The van der Waals surface area contributed by atoms with E-state index in [-0.39, 0.29) is 10.5 Å². The molecule has 0 aliphatic carbocycles. The van der Waals surface area contributed by atoms with Crippen LogP contribution in [0.4, 0.5) is 5.69 Å². The van der Waals surface area contributed by atoms with Crippen LogP contribution in [0.1, 0.15) is 23.5 Å². The first kappa shape index (κ1) is 14.5. The van der Waals surface area contributed by atoms with E-state index in [2.05, 4.69) is 9.71 Å². The van der Waals surface area contributed by atoms with Crippen LogP contribution in [0.2, 0.25) is 0 Å². The highest BCUT2D eigenvalue weighted by molar-refractivity contribution is 7.89. The van der Waals surface area contributed by atoms with Crippen molar-refractivity contribution in [2.24, 2.45) is 0 Å². The normalized spacial score (nSPS) is 12.8. The van der Waals surface area contributed by atoms with Crippen molar-refractivity contribution in [1.29, 1.82) is 5.26 Å². The number of nitrogens with zero attached hydrogens (tertiary/aromatic N) is 2. The number of aromatic nitrogens is 1. The number of hydrogen-bond donors (Lipinski definition) is 2. The standard InChI is InChI=1S/C12H12N4O2S2/c1-8(12-15-4-5-19-12)16-20(17,18)11-3-2-10(14)6-9(11)7-13/h2-6,8,16H,14H2,1H3. The molecule has 0 amide bonds. The fourth-order valence-electron chi connectivity index (χ4n) is 1.66. The number of nitrogens with one attached hydrogen (secondary N) is 1. The summed E-state index contributed by atoms with van der Waals surface area (Å²) in [6.45, 7) is 1.69. The van der Waals surface area contributed by atoms with Gasteiger partial charge in [0.05, 0.1) is 16.5 Å². The molecule has 6 nitrogen and oxygen atoms in total. The summed E-state index contributed by atoms with van der Waals surface area (Å²) in [5.41, 5.74) is 5.91. The van der Waals surface area contributed by atoms with Crippen molar-refractivity contribution in [2.45, 2.75) is 17.9 Å². The number of nitrogens with two attached hydrogens (primary N) is 1. The Balaban J connectivity index is 2.34. The third kappa shape index (κ3) is 2.96. The minimum absolute atomic E-state index is 0.0174. The van der Waals surface area contributed by atoms with Crippen molar-refractivity contribution < 1.29 is 8.42 Å². The molecule has 0 saturated heterocycles. The average Bonchev–Trinajstić information content (AvgIpc) is 2.91. The lowest BCUT2D eigenvalue weighted by Gasteiger charge is -2.13. The average molecular weight is 308 g/mol. The highest BCUT2D eigenvalue weighted by Gasteiger charge is 2.22. The van der Waals surface area contributed by atoms with Gasteiger partial charge in [-0.25, -0.2) is 18.1 Å². The van der Waals surface area contributed by atoms with Crippen LogP contribution in [0.15, 0.2) is 34.7 Å². The summed E-state index contributed by atoms with van der Waals surface area (Å²) in [7, 11) is -3.81. The van der Waals surface area contributed by atoms with Gasteiger partial charge in [0.1, 0.15) is 11.1 Å². The highest BCUT2D eigenvalue weighted by atomic mass is 32.2. The Morgan fingerprint density at radius 1 is 1.50 bits per heavy atom. The molecular weight excluding hydrogens is 296 g/mol. The van der Waals surface area contributed by atoms with Crippen molar-refractivity contribution in [2.75, 3.05) is 5.73 Å². The molecule has 1 atom stereocenters. The molecule has 1 aromatic carbocycles. The van der Waals surface area contributed by atoms with Crippen LogP contribution in [-0.4, -0.2) is 13.4 Å². The molecule has 0 radical (unpaired) electrons. The molecule has 1 unspecified atom stereocenters. The van der Waals surface area contributed by atoms with Crippen molar-refractivity contribution in [3.05, 3.63) is 40.3 Å². The summed E-state index contributed by atoms with van der Waals surface area (Å²) in [6.07, 6.45) is 1.61. The van der Waals surface area contributed by atoms with Crippen LogP contribution in [0.3, 0.4) is 0 Å². The molecule has 8 heteroatoms. The molecule has 20 heavy (non-hydrogen) atoms. The minimum atomic E-state index is -3.81.